The number of amides is 1. The van der Waals surface area contributed by atoms with Gasteiger partial charge in [-0.2, -0.15) is 5.10 Å². The SMILES string of the molecule is NC(=O)Oc1cccc(-c2cnn3c2CCCC3)n1. The van der Waals surface area contributed by atoms with E-state index in [1.807, 2.05) is 16.9 Å². The number of rotatable bonds is 2. The average Bonchev–Trinajstić information content (AvgIpc) is 2.82. The Morgan fingerprint density at radius 1 is 1.37 bits per heavy atom. The number of aryl methyl sites for hydroxylation is 1. The summed E-state index contributed by atoms with van der Waals surface area (Å²) >= 11 is 0. The Balaban J connectivity index is 1.97. The Hall–Kier alpha value is -2.37. The number of nitrogens with zero attached hydrogens (tertiary/aromatic N) is 3. The van der Waals surface area contributed by atoms with Crippen LogP contribution in [0.2, 0.25) is 0 Å². The lowest BCUT2D eigenvalue weighted by Crippen LogP contribution is -2.17. The highest BCUT2D eigenvalue weighted by atomic mass is 16.6. The number of primary amides is 1. The van der Waals surface area contributed by atoms with E-state index in [9.17, 15) is 4.79 Å². The predicted octanol–water partition coefficient (Wildman–Crippen LogP) is 1.74. The Bertz CT molecular complexity index is 621. The van der Waals surface area contributed by atoms with Gasteiger partial charge in [0.25, 0.3) is 0 Å². The summed E-state index contributed by atoms with van der Waals surface area (Å²) in [7, 11) is 0. The standard InChI is InChI=1S/C13H14N4O2/c14-13(18)19-12-6-3-4-10(16-12)9-8-15-17-7-2-1-5-11(9)17/h3-4,6,8H,1-2,5,7H2,(H2,14,18). The summed E-state index contributed by atoms with van der Waals surface area (Å²) in [5.74, 6) is 0.209. The maximum Gasteiger partial charge on any atom is 0.411 e. The minimum atomic E-state index is -0.860. The zero-order chi connectivity index (χ0) is 13.2. The molecule has 0 radical (unpaired) electrons. The summed E-state index contributed by atoms with van der Waals surface area (Å²) < 4.78 is 6.81. The van der Waals surface area contributed by atoms with Crippen molar-refractivity contribution in [3.05, 3.63) is 30.1 Å². The van der Waals surface area contributed by atoms with Crippen LogP contribution in [0.5, 0.6) is 5.88 Å². The summed E-state index contributed by atoms with van der Waals surface area (Å²) in [5.41, 5.74) is 7.92. The highest BCUT2D eigenvalue weighted by molar-refractivity contribution is 5.68. The molecule has 0 spiro atoms. The minimum Gasteiger partial charge on any atom is -0.391 e. The van der Waals surface area contributed by atoms with Crippen LogP contribution in [0, 0.1) is 0 Å². The van der Waals surface area contributed by atoms with Crippen molar-refractivity contribution in [3.63, 3.8) is 0 Å². The van der Waals surface area contributed by atoms with E-state index in [2.05, 4.69) is 10.1 Å². The van der Waals surface area contributed by atoms with Crippen molar-refractivity contribution in [3.8, 4) is 17.1 Å². The van der Waals surface area contributed by atoms with Crippen LogP contribution in [0.1, 0.15) is 18.5 Å². The van der Waals surface area contributed by atoms with E-state index in [1.165, 1.54) is 5.69 Å². The third-order valence-electron chi connectivity index (χ3n) is 3.19. The molecule has 1 aliphatic heterocycles. The zero-order valence-electron chi connectivity index (χ0n) is 10.4. The van der Waals surface area contributed by atoms with Gasteiger partial charge in [0.2, 0.25) is 5.88 Å². The Labute approximate surface area is 110 Å². The molecule has 0 saturated heterocycles. The average molecular weight is 258 g/mol. The fourth-order valence-corrected chi connectivity index (χ4v) is 2.36. The lowest BCUT2D eigenvalue weighted by molar-refractivity contribution is 0.209. The van der Waals surface area contributed by atoms with Crippen molar-refractivity contribution in [1.82, 2.24) is 14.8 Å². The molecule has 6 nitrogen and oxygen atoms in total. The van der Waals surface area contributed by atoms with Crippen LogP contribution >= 0.6 is 0 Å². The van der Waals surface area contributed by atoms with Gasteiger partial charge in [0.05, 0.1) is 11.9 Å². The number of ether oxygens (including phenoxy) is 1. The number of carbonyl (C=O) groups is 1. The zero-order valence-corrected chi connectivity index (χ0v) is 10.4. The van der Waals surface area contributed by atoms with Crippen LogP contribution in [0.15, 0.2) is 24.4 Å². The van der Waals surface area contributed by atoms with Crippen LogP contribution < -0.4 is 10.5 Å². The monoisotopic (exact) mass is 258 g/mol. The molecule has 2 aromatic heterocycles. The second-order valence-electron chi connectivity index (χ2n) is 4.47. The van der Waals surface area contributed by atoms with E-state index in [-0.39, 0.29) is 5.88 Å². The Morgan fingerprint density at radius 3 is 3.11 bits per heavy atom. The molecule has 3 heterocycles. The first kappa shape index (κ1) is 11.7. The van der Waals surface area contributed by atoms with E-state index in [1.54, 1.807) is 12.1 Å². The fourth-order valence-electron chi connectivity index (χ4n) is 2.36. The molecule has 0 aromatic carbocycles. The van der Waals surface area contributed by atoms with Crippen molar-refractivity contribution >= 4 is 6.09 Å². The Kier molecular flexibility index (Phi) is 2.91. The number of nitrogens with two attached hydrogens (primary N) is 1. The first-order valence-corrected chi connectivity index (χ1v) is 6.23. The second kappa shape index (κ2) is 4.72. The van der Waals surface area contributed by atoms with Gasteiger partial charge in [-0.05, 0) is 25.3 Å². The van der Waals surface area contributed by atoms with Gasteiger partial charge in [0, 0.05) is 23.9 Å². The summed E-state index contributed by atoms with van der Waals surface area (Å²) in [5, 5.41) is 4.37. The minimum absolute atomic E-state index is 0.209. The molecule has 2 aromatic rings. The molecule has 6 heteroatoms. The summed E-state index contributed by atoms with van der Waals surface area (Å²) in [4.78, 5) is 15.0. The van der Waals surface area contributed by atoms with E-state index >= 15 is 0 Å². The first-order chi connectivity index (χ1) is 9.24. The van der Waals surface area contributed by atoms with Gasteiger partial charge in [-0.25, -0.2) is 9.78 Å². The van der Waals surface area contributed by atoms with Gasteiger partial charge >= 0.3 is 6.09 Å². The maximum absolute atomic E-state index is 10.7. The van der Waals surface area contributed by atoms with Crippen LogP contribution in [0.25, 0.3) is 11.3 Å². The predicted molar refractivity (Wildman–Crippen MR) is 68.6 cm³/mol. The van der Waals surface area contributed by atoms with Gasteiger partial charge < -0.3 is 10.5 Å². The molecule has 2 N–H and O–H groups in total. The van der Waals surface area contributed by atoms with Crippen molar-refractivity contribution in [1.29, 1.82) is 0 Å². The number of aromatic nitrogens is 3. The Morgan fingerprint density at radius 2 is 2.26 bits per heavy atom. The van der Waals surface area contributed by atoms with Gasteiger partial charge in [-0.3, -0.25) is 4.68 Å². The molecular weight excluding hydrogens is 244 g/mol. The van der Waals surface area contributed by atoms with Crippen LogP contribution in [-0.4, -0.2) is 20.9 Å². The number of hydrogen-bond donors (Lipinski definition) is 1. The number of fused-ring (bicyclic) bond motifs is 1. The molecule has 1 amide bonds. The van der Waals surface area contributed by atoms with Crippen molar-refractivity contribution in [2.24, 2.45) is 5.73 Å². The van der Waals surface area contributed by atoms with Gasteiger partial charge in [-0.15, -0.1) is 0 Å². The van der Waals surface area contributed by atoms with Crippen LogP contribution in [-0.2, 0) is 13.0 Å². The molecule has 19 heavy (non-hydrogen) atoms. The summed E-state index contributed by atoms with van der Waals surface area (Å²) in [6.45, 7) is 0.951. The largest absolute Gasteiger partial charge is 0.411 e. The lowest BCUT2D eigenvalue weighted by atomic mass is 10.0. The van der Waals surface area contributed by atoms with Gasteiger partial charge in [0.1, 0.15) is 0 Å². The topological polar surface area (TPSA) is 83.0 Å². The molecule has 0 aliphatic carbocycles. The second-order valence-corrected chi connectivity index (χ2v) is 4.47. The highest BCUT2D eigenvalue weighted by Gasteiger charge is 2.17. The number of hydrogen-bond acceptors (Lipinski definition) is 4. The molecule has 0 fully saturated rings. The number of carbonyl (C=O) groups excluding carboxylic acids is 1. The molecule has 0 unspecified atom stereocenters. The third-order valence-corrected chi connectivity index (χ3v) is 3.19. The molecule has 3 rings (SSSR count). The summed E-state index contributed by atoms with van der Waals surface area (Å²) in [6, 6.07) is 5.26. The maximum atomic E-state index is 10.7. The van der Waals surface area contributed by atoms with Crippen LogP contribution in [0.3, 0.4) is 0 Å². The van der Waals surface area contributed by atoms with Crippen molar-refractivity contribution in [2.45, 2.75) is 25.8 Å². The molecule has 0 bridgehead atoms. The molecule has 0 saturated carbocycles. The fraction of sp³-hybridized carbons (Fsp3) is 0.308. The van der Waals surface area contributed by atoms with E-state index in [0.29, 0.717) is 0 Å². The normalized spacial score (nSPS) is 13.9. The quantitative estimate of drug-likeness (QED) is 0.889. The van der Waals surface area contributed by atoms with E-state index in [0.717, 1.165) is 37.1 Å². The molecule has 98 valence electrons. The van der Waals surface area contributed by atoms with Crippen LogP contribution in [0.4, 0.5) is 4.79 Å². The van der Waals surface area contributed by atoms with Crippen molar-refractivity contribution in [2.75, 3.05) is 0 Å². The van der Waals surface area contributed by atoms with Crippen molar-refractivity contribution < 1.29 is 9.53 Å². The van der Waals surface area contributed by atoms with E-state index < -0.39 is 6.09 Å². The van der Waals surface area contributed by atoms with Gasteiger partial charge in [-0.1, -0.05) is 6.07 Å². The molecule has 1 aliphatic rings. The summed E-state index contributed by atoms with van der Waals surface area (Å²) in [6.07, 6.45) is 4.28. The van der Waals surface area contributed by atoms with Gasteiger partial charge in [0.15, 0.2) is 0 Å². The molecular formula is C13H14N4O2. The van der Waals surface area contributed by atoms with E-state index in [4.69, 9.17) is 10.5 Å². The number of pyridine rings is 1. The molecule has 0 atom stereocenters. The lowest BCUT2D eigenvalue weighted by Gasteiger charge is -2.14. The smallest absolute Gasteiger partial charge is 0.391 e. The first-order valence-electron chi connectivity index (χ1n) is 6.23. The highest BCUT2D eigenvalue weighted by Crippen LogP contribution is 2.27. The third kappa shape index (κ3) is 2.29.